The molecule has 0 fully saturated rings. The topological polar surface area (TPSA) is 60.2 Å². The van der Waals surface area contributed by atoms with E-state index < -0.39 is 0 Å². The van der Waals surface area contributed by atoms with Crippen LogP contribution in [-0.4, -0.2) is 18.1 Å². The molecule has 1 heterocycles. The molecule has 3 N–H and O–H groups in total. The second kappa shape index (κ2) is 6.54. The third-order valence-electron chi connectivity index (χ3n) is 2.53. The molecule has 0 unspecified atom stereocenters. The van der Waals surface area contributed by atoms with Gasteiger partial charge in [0, 0.05) is 29.0 Å². The maximum Gasteiger partial charge on any atom is 0.133 e. The third kappa shape index (κ3) is 3.94. The number of nitrogens with two attached hydrogens (primary N) is 1. The SMILES string of the molecule is Cc1cc(Br)cnc1Nc1cccc(OCCN)c1. The summed E-state index contributed by atoms with van der Waals surface area (Å²) in [4.78, 5) is 4.35. The first-order chi connectivity index (χ1) is 9.19. The second-order valence-electron chi connectivity index (χ2n) is 4.11. The van der Waals surface area contributed by atoms with Gasteiger partial charge in [-0.1, -0.05) is 6.07 Å². The Bertz CT molecular complexity index is 560. The van der Waals surface area contributed by atoms with Crippen LogP contribution in [0.1, 0.15) is 5.56 Å². The molecule has 0 aliphatic rings. The number of rotatable bonds is 5. The van der Waals surface area contributed by atoms with Gasteiger partial charge >= 0.3 is 0 Å². The molecule has 0 aliphatic heterocycles. The second-order valence-corrected chi connectivity index (χ2v) is 5.02. The highest BCUT2D eigenvalue weighted by Crippen LogP contribution is 2.23. The highest BCUT2D eigenvalue weighted by atomic mass is 79.9. The third-order valence-corrected chi connectivity index (χ3v) is 2.96. The van der Waals surface area contributed by atoms with Crippen LogP contribution in [0.25, 0.3) is 0 Å². The zero-order valence-electron chi connectivity index (χ0n) is 10.7. The minimum Gasteiger partial charge on any atom is -0.492 e. The van der Waals surface area contributed by atoms with Crippen molar-refractivity contribution in [2.45, 2.75) is 6.92 Å². The summed E-state index contributed by atoms with van der Waals surface area (Å²) in [6.45, 7) is 3.03. The predicted octanol–water partition coefficient (Wildman–Crippen LogP) is 3.23. The Kier molecular flexibility index (Phi) is 4.76. The van der Waals surface area contributed by atoms with Crippen molar-refractivity contribution in [3.8, 4) is 5.75 Å². The Labute approximate surface area is 121 Å². The van der Waals surface area contributed by atoms with Crippen LogP contribution >= 0.6 is 15.9 Å². The Morgan fingerprint density at radius 3 is 2.95 bits per heavy atom. The molecule has 100 valence electrons. The van der Waals surface area contributed by atoms with Crippen LogP contribution in [0, 0.1) is 6.92 Å². The molecule has 1 aromatic carbocycles. The fourth-order valence-corrected chi connectivity index (χ4v) is 2.09. The Morgan fingerprint density at radius 1 is 1.37 bits per heavy atom. The number of hydrogen-bond acceptors (Lipinski definition) is 4. The highest BCUT2D eigenvalue weighted by molar-refractivity contribution is 9.10. The Hall–Kier alpha value is -1.59. The summed E-state index contributed by atoms with van der Waals surface area (Å²) in [7, 11) is 0. The van der Waals surface area contributed by atoms with Gasteiger partial charge in [0.05, 0.1) is 0 Å². The standard InChI is InChI=1S/C14H16BrN3O/c1-10-7-11(15)9-17-14(10)18-12-3-2-4-13(8-12)19-6-5-16/h2-4,7-9H,5-6,16H2,1H3,(H,17,18). The summed E-state index contributed by atoms with van der Waals surface area (Å²) in [6, 6.07) is 9.76. The van der Waals surface area contributed by atoms with Crippen LogP contribution in [0.15, 0.2) is 41.0 Å². The summed E-state index contributed by atoms with van der Waals surface area (Å²) in [5, 5.41) is 3.27. The fourth-order valence-electron chi connectivity index (χ4n) is 1.65. The van der Waals surface area contributed by atoms with Crippen molar-refractivity contribution in [2.24, 2.45) is 5.73 Å². The molecule has 2 rings (SSSR count). The molecule has 4 nitrogen and oxygen atoms in total. The number of hydrogen-bond donors (Lipinski definition) is 2. The van der Waals surface area contributed by atoms with Gasteiger partial charge in [0.1, 0.15) is 18.2 Å². The number of aromatic nitrogens is 1. The zero-order valence-corrected chi connectivity index (χ0v) is 12.3. The maximum atomic E-state index is 5.49. The Morgan fingerprint density at radius 2 is 2.21 bits per heavy atom. The normalized spacial score (nSPS) is 10.3. The predicted molar refractivity (Wildman–Crippen MR) is 80.9 cm³/mol. The lowest BCUT2D eigenvalue weighted by molar-refractivity contribution is 0.328. The molecule has 0 amide bonds. The van der Waals surface area contributed by atoms with E-state index in [1.807, 2.05) is 37.3 Å². The van der Waals surface area contributed by atoms with Crippen molar-refractivity contribution in [1.82, 2.24) is 4.98 Å². The first kappa shape index (κ1) is 13.8. The lowest BCUT2D eigenvalue weighted by atomic mass is 10.2. The first-order valence-electron chi connectivity index (χ1n) is 6.01. The Balaban J connectivity index is 2.14. The molecule has 19 heavy (non-hydrogen) atoms. The van der Waals surface area contributed by atoms with Gasteiger partial charge in [-0.15, -0.1) is 0 Å². The molecular weight excluding hydrogens is 306 g/mol. The number of aryl methyl sites for hydroxylation is 1. The molecule has 0 radical (unpaired) electrons. The van der Waals surface area contributed by atoms with E-state index in [1.165, 1.54) is 0 Å². The van der Waals surface area contributed by atoms with Crippen molar-refractivity contribution in [2.75, 3.05) is 18.5 Å². The van der Waals surface area contributed by atoms with Gasteiger partial charge in [-0.3, -0.25) is 0 Å². The van der Waals surface area contributed by atoms with Crippen LogP contribution in [0.4, 0.5) is 11.5 Å². The summed E-state index contributed by atoms with van der Waals surface area (Å²) in [6.07, 6.45) is 1.77. The van der Waals surface area contributed by atoms with E-state index in [4.69, 9.17) is 10.5 Å². The molecule has 0 saturated heterocycles. The molecule has 0 atom stereocenters. The van der Waals surface area contributed by atoms with Crippen LogP contribution < -0.4 is 15.8 Å². The smallest absolute Gasteiger partial charge is 0.133 e. The van der Waals surface area contributed by atoms with Crippen LogP contribution in [0.3, 0.4) is 0 Å². The average molecular weight is 322 g/mol. The van der Waals surface area contributed by atoms with Gasteiger partial charge in [0.2, 0.25) is 0 Å². The van der Waals surface area contributed by atoms with Crippen LogP contribution in [0.2, 0.25) is 0 Å². The van der Waals surface area contributed by atoms with E-state index in [0.29, 0.717) is 13.2 Å². The van der Waals surface area contributed by atoms with Gasteiger partial charge in [0.15, 0.2) is 0 Å². The molecular formula is C14H16BrN3O. The van der Waals surface area contributed by atoms with Crippen molar-refractivity contribution in [3.05, 3.63) is 46.6 Å². The van der Waals surface area contributed by atoms with Crippen molar-refractivity contribution >= 4 is 27.4 Å². The number of ether oxygens (including phenoxy) is 1. The molecule has 5 heteroatoms. The van der Waals surface area contributed by atoms with E-state index in [9.17, 15) is 0 Å². The largest absolute Gasteiger partial charge is 0.492 e. The molecule has 0 bridgehead atoms. The minimum absolute atomic E-state index is 0.505. The average Bonchev–Trinajstić information content (AvgIpc) is 2.40. The van der Waals surface area contributed by atoms with Crippen molar-refractivity contribution in [1.29, 1.82) is 0 Å². The highest BCUT2D eigenvalue weighted by Gasteiger charge is 2.02. The number of pyridine rings is 1. The number of nitrogens with zero attached hydrogens (tertiary/aromatic N) is 1. The fraction of sp³-hybridized carbons (Fsp3) is 0.214. The first-order valence-corrected chi connectivity index (χ1v) is 6.80. The van der Waals surface area contributed by atoms with E-state index in [-0.39, 0.29) is 0 Å². The summed E-state index contributed by atoms with van der Waals surface area (Å²) < 4.78 is 6.46. The molecule has 0 spiro atoms. The van der Waals surface area contributed by atoms with Crippen molar-refractivity contribution in [3.63, 3.8) is 0 Å². The van der Waals surface area contributed by atoms with E-state index in [2.05, 4.69) is 26.2 Å². The molecule has 1 aromatic heterocycles. The lowest BCUT2D eigenvalue weighted by Gasteiger charge is -2.10. The lowest BCUT2D eigenvalue weighted by Crippen LogP contribution is -2.10. The van der Waals surface area contributed by atoms with Crippen LogP contribution in [0.5, 0.6) is 5.75 Å². The molecule has 0 saturated carbocycles. The van der Waals surface area contributed by atoms with Gasteiger partial charge in [-0.25, -0.2) is 4.98 Å². The quantitative estimate of drug-likeness (QED) is 0.887. The van der Waals surface area contributed by atoms with Gasteiger partial charge in [-0.05, 0) is 46.6 Å². The number of nitrogens with one attached hydrogen (secondary N) is 1. The van der Waals surface area contributed by atoms with Gasteiger partial charge < -0.3 is 15.8 Å². The van der Waals surface area contributed by atoms with E-state index in [1.54, 1.807) is 6.20 Å². The van der Waals surface area contributed by atoms with Gasteiger partial charge in [-0.2, -0.15) is 0 Å². The maximum absolute atomic E-state index is 5.49. The number of benzene rings is 1. The summed E-state index contributed by atoms with van der Waals surface area (Å²) in [5.41, 5.74) is 7.43. The van der Waals surface area contributed by atoms with Crippen LogP contribution in [-0.2, 0) is 0 Å². The molecule has 0 aliphatic carbocycles. The van der Waals surface area contributed by atoms with E-state index >= 15 is 0 Å². The van der Waals surface area contributed by atoms with E-state index in [0.717, 1.165) is 27.3 Å². The summed E-state index contributed by atoms with van der Waals surface area (Å²) in [5.74, 6) is 1.63. The minimum atomic E-state index is 0.505. The molecule has 2 aromatic rings. The number of anilines is 2. The monoisotopic (exact) mass is 321 g/mol. The number of halogens is 1. The zero-order chi connectivity index (χ0) is 13.7. The summed E-state index contributed by atoms with van der Waals surface area (Å²) >= 11 is 3.40. The van der Waals surface area contributed by atoms with Crippen molar-refractivity contribution < 1.29 is 4.74 Å². The van der Waals surface area contributed by atoms with Gasteiger partial charge in [0.25, 0.3) is 0 Å².